The zero-order valence-electron chi connectivity index (χ0n) is 11.9. The van der Waals surface area contributed by atoms with Crippen molar-refractivity contribution in [1.29, 1.82) is 0 Å². The Morgan fingerprint density at radius 3 is 2.43 bits per heavy atom. The van der Waals surface area contributed by atoms with Crippen LogP contribution in [0, 0.1) is 5.92 Å². The summed E-state index contributed by atoms with van der Waals surface area (Å²) in [6, 6.07) is 7.20. The Morgan fingerprint density at radius 2 is 1.71 bits per heavy atom. The van der Waals surface area contributed by atoms with Crippen LogP contribution < -0.4 is 11.1 Å². The quantitative estimate of drug-likeness (QED) is 0.870. The number of hydrogen-bond acceptors (Lipinski definition) is 2. The lowest BCUT2D eigenvalue weighted by Crippen LogP contribution is -2.46. The summed E-state index contributed by atoms with van der Waals surface area (Å²) in [6.07, 6.45) is -1.06. The Hall–Kier alpha value is -1.07. The molecule has 3 rings (SSSR count). The predicted molar refractivity (Wildman–Crippen MR) is 75.7 cm³/mol. The molecule has 116 valence electrons. The second kappa shape index (κ2) is 5.61. The molecule has 2 aliphatic rings. The molecule has 21 heavy (non-hydrogen) atoms. The van der Waals surface area contributed by atoms with Crippen LogP contribution in [0.3, 0.4) is 0 Å². The summed E-state index contributed by atoms with van der Waals surface area (Å²) in [5.41, 5.74) is 8.23. The summed E-state index contributed by atoms with van der Waals surface area (Å²) in [5.74, 6) is -1.23. The number of hydrogen-bond donors (Lipinski definition) is 2. The van der Waals surface area contributed by atoms with Crippen molar-refractivity contribution in [2.45, 2.75) is 56.4 Å². The van der Waals surface area contributed by atoms with Gasteiger partial charge in [-0.3, -0.25) is 0 Å². The fourth-order valence-electron chi connectivity index (χ4n) is 3.81. The van der Waals surface area contributed by atoms with Crippen molar-refractivity contribution in [1.82, 2.24) is 5.32 Å². The molecule has 0 amide bonds. The normalized spacial score (nSPS) is 33.0. The number of nitrogens with two attached hydrogens (primary N) is 1. The molecule has 3 N–H and O–H groups in total. The molecular formula is C16H21F3N2. The molecule has 1 fully saturated rings. The predicted octanol–water partition coefficient (Wildman–Crippen LogP) is 3.84. The first-order valence-corrected chi connectivity index (χ1v) is 7.64. The smallest absolute Gasteiger partial charge is 0.324 e. The SMILES string of the molecule is NC1CC(NC2CCCCC2C(F)(F)F)c2ccccc21. The number of fused-ring (bicyclic) bond motifs is 1. The molecule has 2 nitrogen and oxygen atoms in total. The highest BCUT2D eigenvalue weighted by Gasteiger charge is 2.46. The summed E-state index contributed by atoms with van der Waals surface area (Å²) in [7, 11) is 0. The highest BCUT2D eigenvalue weighted by Crippen LogP contribution is 2.42. The zero-order chi connectivity index (χ0) is 15.0. The van der Waals surface area contributed by atoms with Crippen LogP contribution in [0.5, 0.6) is 0 Å². The van der Waals surface area contributed by atoms with Crippen LogP contribution >= 0.6 is 0 Å². The van der Waals surface area contributed by atoms with Crippen molar-refractivity contribution < 1.29 is 13.2 Å². The second-order valence-corrected chi connectivity index (χ2v) is 6.23. The summed E-state index contributed by atoms with van der Waals surface area (Å²) >= 11 is 0. The molecule has 0 bridgehead atoms. The number of benzene rings is 1. The van der Waals surface area contributed by atoms with Gasteiger partial charge in [0, 0.05) is 18.1 Å². The Labute approximate surface area is 122 Å². The molecule has 0 spiro atoms. The molecule has 2 aliphatic carbocycles. The minimum atomic E-state index is -4.11. The van der Waals surface area contributed by atoms with Crippen molar-refractivity contribution >= 4 is 0 Å². The fraction of sp³-hybridized carbons (Fsp3) is 0.625. The third kappa shape index (κ3) is 2.94. The van der Waals surface area contributed by atoms with Gasteiger partial charge in [0.1, 0.15) is 0 Å². The lowest BCUT2D eigenvalue weighted by molar-refractivity contribution is -0.189. The fourth-order valence-corrected chi connectivity index (χ4v) is 3.81. The zero-order valence-corrected chi connectivity index (χ0v) is 11.9. The van der Waals surface area contributed by atoms with Gasteiger partial charge in [-0.25, -0.2) is 0 Å². The van der Waals surface area contributed by atoms with E-state index in [1.165, 1.54) is 0 Å². The lowest BCUT2D eigenvalue weighted by Gasteiger charge is -2.35. The maximum Gasteiger partial charge on any atom is 0.393 e. The Kier molecular flexibility index (Phi) is 3.97. The summed E-state index contributed by atoms with van der Waals surface area (Å²) in [4.78, 5) is 0. The molecule has 1 aromatic carbocycles. The summed E-state index contributed by atoms with van der Waals surface area (Å²) in [5, 5.41) is 3.26. The van der Waals surface area contributed by atoms with E-state index in [9.17, 15) is 13.2 Å². The monoisotopic (exact) mass is 298 g/mol. The molecule has 1 aromatic rings. The first-order chi connectivity index (χ1) is 9.97. The van der Waals surface area contributed by atoms with Crippen molar-refractivity contribution in [3.8, 4) is 0 Å². The third-order valence-electron chi connectivity index (χ3n) is 4.86. The number of rotatable bonds is 2. The Morgan fingerprint density at radius 1 is 1.05 bits per heavy atom. The average molecular weight is 298 g/mol. The molecular weight excluding hydrogens is 277 g/mol. The topological polar surface area (TPSA) is 38.0 Å². The Balaban J connectivity index is 1.77. The second-order valence-electron chi connectivity index (χ2n) is 6.23. The molecule has 0 heterocycles. The van der Waals surface area contributed by atoms with E-state index in [-0.39, 0.29) is 18.5 Å². The van der Waals surface area contributed by atoms with Crippen LogP contribution in [0.4, 0.5) is 13.2 Å². The maximum atomic E-state index is 13.2. The van der Waals surface area contributed by atoms with Crippen molar-refractivity contribution in [3.05, 3.63) is 35.4 Å². The standard InChI is InChI=1S/C16H21F3N2/c17-16(18,19)12-7-3-4-8-14(12)21-15-9-13(20)10-5-1-2-6-11(10)15/h1-2,5-6,12-15,21H,3-4,7-9,20H2. The van der Waals surface area contributed by atoms with E-state index < -0.39 is 18.1 Å². The van der Waals surface area contributed by atoms with E-state index in [0.717, 1.165) is 17.5 Å². The van der Waals surface area contributed by atoms with Crippen LogP contribution in [0.2, 0.25) is 0 Å². The van der Waals surface area contributed by atoms with E-state index in [1.807, 2.05) is 24.3 Å². The lowest BCUT2D eigenvalue weighted by atomic mass is 9.83. The van der Waals surface area contributed by atoms with Gasteiger partial charge in [-0.2, -0.15) is 13.2 Å². The molecule has 0 saturated heterocycles. The van der Waals surface area contributed by atoms with Crippen molar-refractivity contribution in [2.75, 3.05) is 0 Å². The molecule has 4 atom stereocenters. The largest absolute Gasteiger partial charge is 0.393 e. The first kappa shape index (κ1) is 14.9. The highest BCUT2D eigenvalue weighted by atomic mass is 19.4. The number of alkyl halides is 3. The van der Waals surface area contributed by atoms with Crippen LogP contribution in [0.1, 0.15) is 55.3 Å². The van der Waals surface area contributed by atoms with Gasteiger partial charge in [0.05, 0.1) is 5.92 Å². The molecule has 4 unspecified atom stereocenters. The maximum absolute atomic E-state index is 13.2. The van der Waals surface area contributed by atoms with Crippen LogP contribution in [0.25, 0.3) is 0 Å². The van der Waals surface area contributed by atoms with Gasteiger partial charge >= 0.3 is 6.18 Å². The summed E-state index contributed by atoms with van der Waals surface area (Å²) < 4.78 is 39.5. The molecule has 1 saturated carbocycles. The number of halogens is 3. The van der Waals surface area contributed by atoms with Gasteiger partial charge in [-0.1, -0.05) is 37.1 Å². The van der Waals surface area contributed by atoms with E-state index in [4.69, 9.17) is 5.73 Å². The molecule has 0 radical (unpaired) electrons. The van der Waals surface area contributed by atoms with E-state index in [2.05, 4.69) is 5.32 Å². The number of nitrogens with one attached hydrogen (secondary N) is 1. The third-order valence-corrected chi connectivity index (χ3v) is 4.86. The van der Waals surface area contributed by atoms with E-state index in [0.29, 0.717) is 19.3 Å². The molecule has 0 aromatic heterocycles. The van der Waals surface area contributed by atoms with Gasteiger partial charge in [0.15, 0.2) is 0 Å². The van der Waals surface area contributed by atoms with Crippen molar-refractivity contribution in [3.63, 3.8) is 0 Å². The van der Waals surface area contributed by atoms with Gasteiger partial charge in [-0.15, -0.1) is 0 Å². The van der Waals surface area contributed by atoms with Gasteiger partial charge in [0.2, 0.25) is 0 Å². The molecule has 5 heteroatoms. The van der Waals surface area contributed by atoms with Gasteiger partial charge in [-0.05, 0) is 30.4 Å². The van der Waals surface area contributed by atoms with Crippen molar-refractivity contribution in [2.24, 2.45) is 11.7 Å². The Bertz CT molecular complexity index is 501. The average Bonchev–Trinajstić information content (AvgIpc) is 2.76. The van der Waals surface area contributed by atoms with Crippen LogP contribution in [0.15, 0.2) is 24.3 Å². The van der Waals surface area contributed by atoms with Crippen LogP contribution in [-0.4, -0.2) is 12.2 Å². The van der Waals surface area contributed by atoms with Gasteiger partial charge in [0.25, 0.3) is 0 Å². The van der Waals surface area contributed by atoms with E-state index in [1.54, 1.807) is 0 Å². The highest BCUT2D eigenvalue weighted by molar-refractivity contribution is 5.37. The van der Waals surface area contributed by atoms with Gasteiger partial charge < -0.3 is 11.1 Å². The first-order valence-electron chi connectivity index (χ1n) is 7.64. The van der Waals surface area contributed by atoms with Crippen LogP contribution in [-0.2, 0) is 0 Å². The minimum Gasteiger partial charge on any atom is -0.324 e. The summed E-state index contributed by atoms with van der Waals surface area (Å²) in [6.45, 7) is 0. The molecule has 0 aliphatic heterocycles. The minimum absolute atomic E-state index is 0.0517. The van der Waals surface area contributed by atoms with E-state index >= 15 is 0 Å².